The molecular formula is C26H28Cl2FN3O4. The number of nitrogens with one attached hydrogen (secondary N) is 2. The Morgan fingerprint density at radius 3 is 2.58 bits per heavy atom. The number of anilines is 1. The molecule has 2 aromatic carbocycles. The molecule has 0 radical (unpaired) electrons. The van der Waals surface area contributed by atoms with Crippen molar-refractivity contribution in [3.05, 3.63) is 57.8 Å². The molecule has 1 aliphatic heterocycles. The summed E-state index contributed by atoms with van der Waals surface area (Å²) in [4.78, 5) is 27.6. The fourth-order valence-electron chi connectivity index (χ4n) is 5.80. The zero-order chi connectivity index (χ0) is 25.5. The Labute approximate surface area is 218 Å². The maximum Gasteiger partial charge on any atom is 0.258 e. The molecule has 1 atom stereocenters. The van der Waals surface area contributed by atoms with Gasteiger partial charge in [-0.25, -0.2) is 4.39 Å². The molecule has 0 saturated heterocycles. The summed E-state index contributed by atoms with van der Waals surface area (Å²) in [7, 11) is 0. The van der Waals surface area contributed by atoms with Gasteiger partial charge in [0.2, 0.25) is 5.91 Å². The van der Waals surface area contributed by atoms with Crippen molar-refractivity contribution in [3.8, 4) is 5.75 Å². The lowest BCUT2D eigenvalue weighted by Gasteiger charge is -2.56. The molecule has 3 N–H and O–H groups in total. The Hall–Kier alpha value is -2.55. The fraction of sp³-hybridized carbons (Fsp3) is 0.462. The third-order valence-electron chi connectivity index (χ3n) is 7.74. The van der Waals surface area contributed by atoms with E-state index >= 15 is 0 Å². The molecule has 192 valence electrons. The number of hydrogen-bond donors (Lipinski definition) is 3. The number of fused-ring (bicyclic) bond motifs is 4. The van der Waals surface area contributed by atoms with Crippen molar-refractivity contribution in [2.45, 2.75) is 55.7 Å². The SMILES string of the molecule is O=C(CN1CCc2cc(Cl)ccc21)NC12CCC(NC(=O)COc3ccc(Cl)c(F)c3)(CC1)[C@H](O)C2. The minimum absolute atomic E-state index is 0.0241. The van der Waals surface area contributed by atoms with Gasteiger partial charge < -0.3 is 25.4 Å². The molecule has 1 heterocycles. The van der Waals surface area contributed by atoms with E-state index in [4.69, 9.17) is 27.9 Å². The van der Waals surface area contributed by atoms with Crippen LogP contribution in [-0.2, 0) is 16.0 Å². The monoisotopic (exact) mass is 535 g/mol. The van der Waals surface area contributed by atoms with E-state index in [9.17, 15) is 19.1 Å². The highest BCUT2D eigenvalue weighted by Gasteiger charge is 2.55. The summed E-state index contributed by atoms with van der Waals surface area (Å²) in [6.07, 6.45) is 2.82. The molecule has 7 nitrogen and oxygen atoms in total. The van der Waals surface area contributed by atoms with Crippen LogP contribution in [0.4, 0.5) is 10.1 Å². The van der Waals surface area contributed by atoms with Crippen molar-refractivity contribution >= 4 is 40.7 Å². The van der Waals surface area contributed by atoms with Gasteiger partial charge >= 0.3 is 0 Å². The van der Waals surface area contributed by atoms with E-state index in [1.54, 1.807) is 0 Å². The Balaban J connectivity index is 1.14. The van der Waals surface area contributed by atoms with Crippen molar-refractivity contribution in [1.29, 1.82) is 0 Å². The molecule has 10 heteroatoms. The molecular weight excluding hydrogens is 508 g/mol. The van der Waals surface area contributed by atoms with Gasteiger partial charge in [-0.3, -0.25) is 9.59 Å². The Morgan fingerprint density at radius 2 is 1.86 bits per heavy atom. The van der Waals surface area contributed by atoms with E-state index < -0.39 is 28.9 Å². The third kappa shape index (κ3) is 4.99. The van der Waals surface area contributed by atoms with E-state index in [-0.39, 0.29) is 29.8 Å². The number of ether oxygens (including phenoxy) is 1. The van der Waals surface area contributed by atoms with E-state index in [1.165, 1.54) is 12.1 Å². The van der Waals surface area contributed by atoms with Gasteiger partial charge in [0.15, 0.2) is 6.61 Å². The predicted octanol–water partition coefficient (Wildman–Crippen LogP) is 3.62. The number of halogens is 3. The van der Waals surface area contributed by atoms with Gasteiger partial charge in [0.1, 0.15) is 11.6 Å². The molecule has 36 heavy (non-hydrogen) atoms. The number of carbonyl (C=O) groups excluding carboxylic acids is 2. The van der Waals surface area contributed by atoms with Crippen molar-refractivity contribution < 1.29 is 23.8 Å². The number of benzene rings is 2. The van der Waals surface area contributed by atoms with Gasteiger partial charge in [-0.15, -0.1) is 0 Å². The van der Waals surface area contributed by atoms with Crippen molar-refractivity contribution in [3.63, 3.8) is 0 Å². The smallest absolute Gasteiger partial charge is 0.258 e. The van der Waals surface area contributed by atoms with Crippen LogP contribution in [0.25, 0.3) is 0 Å². The Kier molecular flexibility index (Phi) is 6.78. The summed E-state index contributed by atoms with van der Waals surface area (Å²) in [5.41, 5.74) is 0.934. The Morgan fingerprint density at radius 1 is 1.08 bits per heavy atom. The van der Waals surface area contributed by atoms with Gasteiger partial charge in [-0.2, -0.15) is 0 Å². The van der Waals surface area contributed by atoms with Crippen molar-refractivity contribution in [2.75, 3.05) is 24.6 Å². The lowest BCUT2D eigenvalue weighted by Crippen LogP contribution is -2.70. The summed E-state index contributed by atoms with van der Waals surface area (Å²) in [6.45, 7) is 0.704. The molecule has 2 amide bonds. The van der Waals surface area contributed by atoms with Crippen LogP contribution in [0.1, 0.15) is 37.7 Å². The molecule has 2 bridgehead atoms. The standard InChI is InChI=1S/C26H28Cl2FN3O4/c27-17-1-4-21-16(11-17)5-10-32(21)14-23(34)30-25-6-8-26(9-7-25,22(33)13-25)31-24(35)15-36-18-2-3-19(28)20(29)12-18/h1-4,11-12,22,33H,5-10,13-15H2,(H,30,34)(H,31,35)/t22-,25?,26?/m1/s1. The molecule has 3 aliphatic carbocycles. The van der Waals surface area contributed by atoms with Crippen LogP contribution in [0, 0.1) is 5.82 Å². The second-order valence-corrected chi connectivity index (χ2v) is 10.9. The number of carbonyl (C=O) groups is 2. The zero-order valence-electron chi connectivity index (χ0n) is 19.7. The fourth-order valence-corrected chi connectivity index (χ4v) is 6.11. The molecule has 3 saturated carbocycles. The summed E-state index contributed by atoms with van der Waals surface area (Å²) in [5.74, 6) is -0.898. The van der Waals surface area contributed by atoms with Crippen LogP contribution in [-0.4, -0.2) is 53.8 Å². The van der Waals surface area contributed by atoms with E-state index in [1.807, 2.05) is 18.2 Å². The number of rotatable bonds is 7. The summed E-state index contributed by atoms with van der Waals surface area (Å²) < 4.78 is 19.0. The molecule has 2 aromatic rings. The van der Waals surface area contributed by atoms with Crippen LogP contribution < -0.4 is 20.3 Å². The molecule has 3 fully saturated rings. The first-order valence-corrected chi connectivity index (χ1v) is 12.8. The van der Waals surface area contributed by atoms with Crippen LogP contribution in [0.3, 0.4) is 0 Å². The highest BCUT2D eigenvalue weighted by Crippen LogP contribution is 2.47. The van der Waals surface area contributed by atoms with Crippen LogP contribution in [0.2, 0.25) is 10.0 Å². The first kappa shape index (κ1) is 25.1. The molecule has 6 rings (SSSR count). The van der Waals surface area contributed by atoms with Crippen LogP contribution >= 0.6 is 23.2 Å². The largest absolute Gasteiger partial charge is 0.484 e. The second-order valence-electron chi connectivity index (χ2n) is 10.1. The topological polar surface area (TPSA) is 90.9 Å². The number of aliphatic hydroxyl groups is 1. The number of hydrogen-bond acceptors (Lipinski definition) is 5. The van der Waals surface area contributed by atoms with Crippen LogP contribution in [0.15, 0.2) is 36.4 Å². The summed E-state index contributed by atoms with van der Waals surface area (Å²) >= 11 is 11.8. The van der Waals surface area contributed by atoms with E-state index in [0.29, 0.717) is 37.1 Å². The zero-order valence-corrected chi connectivity index (χ0v) is 21.2. The molecule has 0 unspecified atom stereocenters. The number of aliphatic hydroxyl groups excluding tert-OH is 1. The second kappa shape index (κ2) is 9.72. The van der Waals surface area contributed by atoms with Crippen molar-refractivity contribution in [2.24, 2.45) is 0 Å². The maximum atomic E-state index is 13.6. The average molecular weight is 536 g/mol. The van der Waals surface area contributed by atoms with Crippen LogP contribution in [0.5, 0.6) is 5.75 Å². The minimum atomic E-state index is -0.799. The normalized spacial score (nSPS) is 26.4. The molecule has 4 aliphatic rings. The average Bonchev–Trinajstić information content (AvgIpc) is 3.22. The Bertz CT molecular complexity index is 1190. The lowest BCUT2D eigenvalue weighted by atomic mass is 9.60. The highest BCUT2D eigenvalue weighted by atomic mass is 35.5. The summed E-state index contributed by atoms with van der Waals surface area (Å²) in [6, 6.07) is 9.70. The number of amides is 2. The first-order chi connectivity index (χ1) is 17.2. The van der Waals surface area contributed by atoms with Gasteiger partial charge in [0, 0.05) is 28.9 Å². The number of nitrogens with zero attached hydrogens (tertiary/aromatic N) is 1. The molecule has 0 spiro atoms. The van der Waals surface area contributed by atoms with Crippen molar-refractivity contribution in [1.82, 2.24) is 10.6 Å². The third-order valence-corrected chi connectivity index (χ3v) is 8.28. The maximum absolute atomic E-state index is 13.6. The van der Waals surface area contributed by atoms with Gasteiger partial charge in [0.05, 0.1) is 23.2 Å². The van der Waals surface area contributed by atoms with Gasteiger partial charge in [0.25, 0.3) is 5.91 Å². The minimum Gasteiger partial charge on any atom is -0.484 e. The quantitative estimate of drug-likeness (QED) is 0.503. The summed E-state index contributed by atoms with van der Waals surface area (Å²) in [5, 5.41) is 17.8. The van der Waals surface area contributed by atoms with Gasteiger partial charge in [-0.05, 0) is 74.4 Å². The highest BCUT2D eigenvalue weighted by molar-refractivity contribution is 6.31. The van der Waals surface area contributed by atoms with E-state index in [2.05, 4.69) is 15.5 Å². The lowest BCUT2D eigenvalue weighted by molar-refractivity contribution is -0.135. The predicted molar refractivity (Wildman–Crippen MR) is 135 cm³/mol. The van der Waals surface area contributed by atoms with Gasteiger partial charge in [-0.1, -0.05) is 23.2 Å². The molecule has 0 aromatic heterocycles. The van der Waals surface area contributed by atoms with E-state index in [0.717, 1.165) is 30.3 Å². The first-order valence-electron chi connectivity index (χ1n) is 12.1.